The molecule has 0 aliphatic heterocycles. The maximum absolute atomic E-state index is 6.04. The third-order valence-electron chi connectivity index (χ3n) is 3.34. The minimum Gasteiger partial charge on any atom is -0.367 e. The third kappa shape index (κ3) is 2.00. The first-order chi connectivity index (χ1) is 9.81. The lowest BCUT2D eigenvalue weighted by Crippen LogP contribution is -2.04. The molecular formula is C14H12ClN5. The van der Waals surface area contributed by atoms with E-state index in [2.05, 4.69) is 20.4 Å². The van der Waals surface area contributed by atoms with Gasteiger partial charge in [0.15, 0.2) is 5.65 Å². The molecule has 100 valence electrons. The van der Waals surface area contributed by atoms with E-state index in [4.69, 9.17) is 11.6 Å². The van der Waals surface area contributed by atoms with Gasteiger partial charge < -0.3 is 5.32 Å². The zero-order valence-electron chi connectivity index (χ0n) is 10.6. The zero-order valence-corrected chi connectivity index (χ0v) is 11.4. The summed E-state index contributed by atoms with van der Waals surface area (Å²) in [5.41, 5.74) is 1.67. The van der Waals surface area contributed by atoms with Crippen LogP contribution in [-0.2, 0) is 0 Å². The number of hydrogen-bond acceptors (Lipinski definition) is 4. The standard InChI is InChI=1S/C14H12ClN5/c15-9-2-1-3-11(6-9)20-14-12(7-18-20)13(16-8-17-14)19-10-4-5-10/h1-3,6-8,10H,4-5H2,(H,16,17,19). The van der Waals surface area contributed by atoms with Crippen molar-refractivity contribution < 1.29 is 0 Å². The molecule has 0 spiro atoms. The van der Waals surface area contributed by atoms with Gasteiger partial charge in [0.2, 0.25) is 0 Å². The molecule has 4 rings (SSSR count). The fourth-order valence-electron chi connectivity index (χ4n) is 2.18. The fourth-order valence-corrected chi connectivity index (χ4v) is 2.36. The summed E-state index contributed by atoms with van der Waals surface area (Å²) in [7, 11) is 0. The van der Waals surface area contributed by atoms with Gasteiger partial charge in [-0.25, -0.2) is 14.6 Å². The van der Waals surface area contributed by atoms with E-state index in [1.807, 2.05) is 24.3 Å². The number of nitrogens with one attached hydrogen (secondary N) is 1. The smallest absolute Gasteiger partial charge is 0.168 e. The van der Waals surface area contributed by atoms with Crippen LogP contribution in [0.5, 0.6) is 0 Å². The lowest BCUT2D eigenvalue weighted by Gasteiger charge is -2.05. The molecule has 0 amide bonds. The summed E-state index contributed by atoms with van der Waals surface area (Å²) < 4.78 is 1.78. The molecule has 20 heavy (non-hydrogen) atoms. The molecule has 0 bridgehead atoms. The largest absolute Gasteiger partial charge is 0.367 e. The highest BCUT2D eigenvalue weighted by molar-refractivity contribution is 6.30. The van der Waals surface area contributed by atoms with Crippen LogP contribution in [0.1, 0.15) is 12.8 Å². The van der Waals surface area contributed by atoms with Gasteiger partial charge >= 0.3 is 0 Å². The topological polar surface area (TPSA) is 55.6 Å². The van der Waals surface area contributed by atoms with Crippen molar-refractivity contribution in [2.24, 2.45) is 0 Å². The molecule has 5 nitrogen and oxygen atoms in total. The molecule has 0 unspecified atom stereocenters. The Kier molecular flexibility index (Phi) is 2.60. The molecule has 1 N–H and O–H groups in total. The maximum atomic E-state index is 6.04. The Bertz CT molecular complexity index is 778. The predicted molar refractivity (Wildman–Crippen MR) is 78.3 cm³/mol. The number of rotatable bonds is 3. The van der Waals surface area contributed by atoms with Crippen molar-refractivity contribution in [2.75, 3.05) is 5.32 Å². The minimum atomic E-state index is 0.544. The van der Waals surface area contributed by atoms with E-state index in [0.29, 0.717) is 11.1 Å². The van der Waals surface area contributed by atoms with E-state index in [0.717, 1.165) is 22.5 Å². The van der Waals surface area contributed by atoms with E-state index >= 15 is 0 Å². The first-order valence-corrected chi connectivity index (χ1v) is 6.90. The average molecular weight is 286 g/mol. The third-order valence-corrected chi connectivity index (χ3v) is 3.57. The summed E-state index contributed by atoms with van der Waals surface area (Å²) in [5, 5.41) is 9.42. The summed E-state index contributed by atoms with van der Waals surface area (Å²) in [6.45, 7) is 0. The van der Waals surface area contributed by atoms with E-state index < -0.39 is 0 Å². The van der Waals surface area contributed by atoms with Gasteiger partial charge in [0.1, 0.15) is 12.1 Å². The number of benzene rings is 1. The molecule has 2 heterocycles. The molecule has 2 aromatic heterocycles. The predicted octanol–water partition coefficient (Wildman–Crippen LogP) is 3.04. The van der Waals surface area contributed by atoms with Crippen molar-refractivity contribution in [2.45, 2.75) is 18.9 Å². The quantitative estimate of drug-likeness (QED) is 0.803. The summed E-state index contributed by atoms with van der Waals surface area (Å²) in [5.74, 6) is 0.853. The Morgan fingerprint density at radius 3 is 2.95 bits per heavy atom. The minimum absolute atomic E-state index is 0.544. The van der Waals surface area contributed by atoms with Crippen LogP contribution in [0.3, 0.4) is 0 Å². The van der Waals surface area contributed by atoms with Crippen LogP contribution in [-0.4, -0.2) is 25.8 Å². The van der Waals surface area contributed by atoms with Gasteiger partial charge in [-0.15, -0.1) is 0 Å². The average Bonchev–Trinajstić information content (AvgIpc) is 3.15. The SMILES string of the molecule is Clc1cccc(-n2ncc3c(NC4CC4)ncnc32)c1. The molecule has 1 saturated carbocycles. The molecule has 0 saturated heterocycles. The second-order valence-electron chi connectivity index (χ2n) is 4.91. The number of hydrogen-bond donors (Lipinski definition) is 1. The number of nitrogens with zero attached hydrogens (tertiary/aromatic N) is 4. The van der Waals surface area contributed by atoms with Crippen molar-refractivity contribution in [1.29, 1.82) is 0 Å². The van der Waals surface area contributed by atoms with Crippen molar-refractivity contribution in [3.05, 3.63) is 41.8 Å². The van der Waals surface area contributed by atoms with E-state index in [1.165, 1.54) is 12.8 Å². The van der Waals surface area contributed by atoms with Crippen LogP contribution in [0.2, 0.25) is 5.02 Å². The van der Waals surface area contributed by atoms with Crippen molar-refractivity contribution in [3.8, 4) is 5.69 Å². The van der Waals surface area contributed by atoms with Crippen LogP contribution in [0.15, 0.2) is 36.8 Å². The Balaban J connectivity index is 1.84. The Morgan fingerprint density at radius 2 is 2.15 bits per heavy atom. The van der Waals surface area contributed by atoms with Gasteiger partial charge in [0.25, 0.3) is 0 Å². The van der Waals surface area contributed by atoms with Crippen LogP contribution in [0.4, 0.5) is 5.82 Å². The summed E-state index contributed by atoms with van der Waals surface area (Å²) in [6.07, 6.45) is 5.76. The molecule has 1 aromatic carbocycles. The van der Waals surface area contributed by atoms with E-state index in [9.17, 15) is 0 Å². The van der Waals surface area contributed by atoms with Crippen molar-refractivity contribution in [1.82, 2.24) is 19.7 Å². The molecule has 0 atom stereocenters. The van der Waals surface area contributed by atoms with E-state index in [-0.39, 0.29) is 0 Å². The maximum Gasteiger partial charge on any atom is 0.168 e. The summed E-state index contributed by atoms with van der Waals surface area (Å²) in [4.78, 5) is 8.65. The van der Waals surface area contributed by atoms with E-state index in [1.54, 1.807) is 17.2 Å². The fraction of sp³-hybridized carbons (Fsp3) is 0.214. The van der Waals surface area contributed by atoms with Gasteiger partial charge in [-0.1, -0.05) is 17.7 Å². The molecule has 1 fully saturated rings. The first kappa shape index (κ1) is 11.7. The summed E-state index contributed by atoms with van der Waals surface area (Å²) >= 11 is 6.04. The van der Waals surface area contributed by atoms with Crippen LogP contribution in [0.25, 0.3) is 16.7 Å². The molecule has 3 aromatic rings. The summed E-state index contributed by atoms with van der Waals surface area (Å²) in [6, 6.07) is 8.10. The number of anilines is 1. The molecular weight excluding hydrogens is 274 g/mol. The number of aromatic nitrogens is 4. The lowest BCUT2D eigenvalue weighted by molar-refractivity contribution is 0.895. The van der Waals surface area contributed by atoms with Crippen molar-refractivity contribution in [3.63, 3.8) is 0 Å². The van der Waals surface area contributed by atoms with Crippen LogP contribution < -0.4 is 5.32 Å². The number of fused-ring (bicyclic) bond motifs is 1. The second kappa shape index (κ2) is 4.45. The zero-order chi connectivity index (χ0) is 13.5. The van der Waals surface area contributed by atoms with Gasteiger partial charge in [-0.2, -0.15) is 5.10 Å². The van der Waals surface area contributed by atoms with Crippen molar-refractivity contribution >= 4 is 28.5 Å². The monoisotopic (exact) mass is 285 g/mol. The molecule has 0 radical (unpaired) electrons. The molecule has 1 aliphatic rings. The Hall–Kier alpha value is -2.14. The first-order valence-electron chi connectivity index (χ1n) is 6.52. The van der Waals surface area contributed by atoms with Gasteiger partial charge in [0.05, 0.1) is 17.3 Å². The highest BCUT2D eigenvalue weighted by atomic mass is 35.5. The highest BCUT2D eigenvalue weighted by Crippen LogP contribution is 2.28. The lowest BCUT2D eigenvalue weighted by atomic mass is 10.3. The molecule has 6 heteroatoms. The Morgan fingerprint density at radius 1 is 1.25 bits per heavy atom. The second-order valence-corrected chi connectivity index (χ2v) is 5.35. The van der Waals surface area contributed by atoms with Crippen LogP contribution in [0, 0.1) is 0 Å². The van der Waals surface area contributed by atoms with Gasteiger partial charge in [-0.05, 0) is 31.0 Å². The normalized spacial score (nSPS) is 14.7. The highest BCUT2D eigenvalue weighted by Gasteiger charge is 2.23. The van der Waals surface area contributed by atoms with Crippen LogP contribution >= 0.6 is 11.6 Å². The number of halogens is 1. The van der Waals surface area contributed by atoms with Gasteiger partial charge in [-0.3, -0.25) is 0 Å². The van der Waals surface area contributed by atoms with Gasteiger partial charge in [0, 0.05) is 11.1 Å². The Labute approximate surface area is 120 Å². The molecule has 1 aliphatic carbocycles.